The summed E-state index contributed by atoms with van der Waals surface area (Å²) in [5.74, 6) is 1.01. The first-order valence-electron chi connectivity index (χ1n) is 5.28. The van der Waals surface area contributed by atoms with Crippen LogP contribution in [0.25, 0.3) is 0 Å². The topological polar surface area (TPSA) is 9.23 Å². The molecule has 2 aromatic carbocycles. The molecule has 0 aliphatic rings. The van der Waals surface area contributed by atoms with E-state index in [4.69, 9.17) is 4.74 Å². The Morgan fingerprint density at radius 3 is 2.65 bits per heavy atom. The van der Waals surface area contributed by atoms with E-state index in [1.165, 1.54) is 12.1 Å². The van der Waals surface area contributed by atoms with Crippen molar-refractivity contribution >= 4 is 15.9 Å². The zero-order valence-electron chi connectivity index (χ0n) is 9.41. The average molecular weight is 295 g/mol. The normalized spacial score (nSPS) is 10.3. The second kappa shape index (κ2) is 5.32. The molecule has 0 radical (unpaired) electrons. The molecule has 0 aromatic heterocycles. The van der Waals surface area contributed by atoms with Crippen LogP contribution in [0.5, 0.6) is 11.5 Å². The molecule has 1 nitrogen and oxygen atoms in total. The number of hydrogen-bond donors (Lipinski definition) is 0. The highest BCUT2D eigenvalue weighted by molar-refractivity contribution is 9.08. The molecular formula is C14H12BrFO. The summed E-state index contributed by atoms with van der Waals surface area (Å²) in [6.45, 7) is 1.89. The van der Waals surface area contributed by atoms with E-state index in [1.807, 2.05) is 31.2 Å². The number of alkyl halides is 1. The molecule has 0 atom stereocenters. The van der Waals surface area contributed by atoms with E-state index < -0.39 is 0 Å². The van der Waals surface area contributed by atoms with E-state index in [-0.39, 0.29) is 5.82 Å². The second-order valence-electron chi connectivity index (χ2n) is 3.75. The van der Waals surface area contributed by atoms with Gasteiger partial charge in [0.1, 0.15) is 17.3 Å². The van der Waals surface area contributed by atoms with Gasteiger partial charge in [0.15, 0.2) is 0 Å². The summed E-state index contributed by atoms with van der Waals surface area (Å²) in [5, 5.41) is 0.706. The molecule has 0 heterocycles. The third kappa shape index (κ3) is 2.86. The van der Waals surface area contributed by atoms with Crippen LogP contribution in [0, 0.1) is 12.7 Å². The molecule has 88 valence electrons. The van der Waals surface area contributed by atoms with Crippen molar-refractivity contribution < 1.29 is 9.13 Å². The van der Waals surface area contributed by atoms with Crippen molar-refractivity contribution in [3.8, 4) is 11.5 Å². The maximum absolute atomic E-state index is 13.1. The Hall–Kier alpha value is -1.35. The lowest BCUT2D eigenvalue weighted by molar-refractivity contribution is 0.469. The molecule has 0 unspecified atom stereocenters. The van der Waals surface area contributed by atoms with Gasteiger partial charge >= 0.3 is 0 Å². The lowest BCUT2D eigenvalue weighted by atomic mass is 10.2. The van der Waals surface area contributed by atoms with E-state index in [0.29, 0.717) is 11.1 Å². The van der Waals surface area contributed by atoms with Crippen LogP contribution in [0.15, 0.2) is 42.5 Å². The summed E-state index contributed by atoms with van der Waals surface area (Å²) in [6, 6.07) is 12.2. The number of benzene rings is 2. The Labute approximate surface area is 108 Å². The summed E-state index contributed by atoms with van der Waals surface area (Å²) in [4.78, 5) is 0. The fourth-order valence-corrected chi connectivity index (χ4v) is 1.98. The minimum absolute atomic E-state index is 0.290. The number of para-hydroxylation sites is 1. The molecule has 0 fully saturated rings. The molecule has 0 amide bonds. The fourth-order valence-electron chi connectivity index (χ4n) is 1.52. The van der Waals surface area contributed by atoms with Crippen molar-refractivity contribution in [2.24, 2.45) is 0 Å². The van der Waals surface area contributed by atoms with Crippen LogP contribution < -0.4 is 4.74 Å². The highest BCUT2D eigenvalue weighted by Crippen LogP contribution is 2.29. The molecule has 0 aliphatic heterocycles. The minimum atomic E-state index is -0.290. The Morgan fingerprint density at radius 1 is 1.12 bits per heavy atom. The molecular weight excluding hydrogens is 283 g/mol. The van der Waals surface area contributed by atoms with Gasteiger partial charge in [-0.1, -0.05) is 40.2 Å². The number of aryl methyl sites for hydroxylation is 1. The largest absolute Gasteiger partial charge is 0.457 e. The Balaban J connectivity index is 2.34. The van der Waals surface area contributed by atoms with Crippen LogP contribution in [0.4, 0.5) is 4.39 Å². The molecule has 2 rings (SSSR count). The summed E-state index contributed by atoms with van der Waals surface area (Å²) in [6.07, 6.45) is 0. The Bertz CT molecular complexity index is 525. The van der Waals surface area contributed by atoms with E-state index in [2.05, 4.69) is 15.9 Å². The summed E-state index contributed by atoms with van der Waals surface area (Å²) in [5.41, 5.74) is 1.95. The van der Waals surface area contributed by atoms with Crippen LogP contribution in [-0.2, 0) is 5.33 Å². The first-order valence-corrected chi connectivity index (χ1v) is 6.40. The Morgan fingerprint density at radius 2 is 1.88 bits per heavy atom. The SMILES string of the molecule is Cc1ccc(F)cc1Oc1ccccc1CBr. The first-order chi connectivity index (χ1) is 8.20. The monoisotopic (exact) mass is 294 g/mol. The van der Waals surface area contributed by atoms with Crippen molar-refractivity contribution in [3.05, 3.63) is 59.4 Å². The highest BCUT2D eigenvalue weighted by atomic mass is 79.9. The van der Waals surface area contributed by atoms with Gasteiger partial charge in [0.05, 0.1) is 0 Å². The van der Waals surface area contributed by atoms with Gasteiger partial charge in [-0.05, 0) is 24.6 Å². The van der Waals surface area contributed by atoms with E-state index in [1.54, 1.807) is 6.07 Å². The number of ether oxygens (including phenoxy) is 1. The summed E-state index contributed by atoms with van der Waals surface area (Å²) < 4.78 is 18.9. The van der Waals surface area contributed by atoms with Gasteiger partial charge in [0, 0.05) is 17.0 Å². The van der Waals surface area contributed by atoms with Crippen LogP contribution in [0.2, 0.25) is 0 Å². The summed E-state index contributed by atoms with van der Waals surface area (Å²) in [7, 11) is 0. The molecule has 0 bridgehead atoms. The molecule has 17 heavy (non-hydrogen) atoms. The lowest BCUT2D eigenvalue weighted by Gasteiger charge is -2.11. The van der Waals surface area contributed by atoms with E-state index in [9.17, 15) is 4.39 Å². The van der Waals surface area contributed by atoms with Gasteiger partial charge in [0.25, 0.3) is 0 Å². The third-order valence-corrected chi connectivity index (χ3v) is 3.09. The number of rotatable bonds is 3. The number of hydrogen-bond acceptors (Lipinski definition) is 1. The van der Waals surface area contributed by atoms with E-state index >= 15 is 0 Å². The fraction of sp³-hybridized carbons (Fsp3) is 0.143. The maximum Gasteiger partial charge on any atom is 0.133 e. The van der Waals surface area contributed by atoms with Crippen molar-refractivity contribution in [2.75, 3.05) is 0 Å². The number of halogens is 2. The minimum Gasteiger partial charge on any atom is -0.457 e. The molecule has 0 N–H and O–H groups in total. The zero-order chi connectivity index (χ0) is 12.3. The molecule has 0 saturated carbocycles. The van der Waals surface area contributed by atoms with Crippen LogP contribution in [0.1, 0.15) is 11.1 Å². The van der Waals surface area contributed by atoms with Gasteiger partial charge in [-0.25, -0.2) is 4.39 Å². The van der Waals surface area contributed by atoms with Crippen molar-refractivity contribution in [1.29, 1.82) is 0 Å². The van der Waals surface area contributed by atoms with Crippen molar-refractivity contribution in [3.63, 3.8) is 0 Å². The van der Waals surface area contributed by atoms with Gasteiger partial charge in [-0.2, -0.15) is 0 Å². The van der Waals surface area contributed by atoms with E-state index in [0.717, 1.165) is 16.9 Å². The first kappa shape index (κ1) is 12.1. The second-order valence-corrected chi connectivity index (χ2v) is 4.31. The van der Waals surface area contributed by atoms with Gasteiger partial charge < -0.3 is 4.74 Å². The summed E-state index contributed by atoms with van der Waals surface area (Å²) >= 11 is 3.40. The van der Waals surface area contributed by atoms with Gasteiger partial charge in [0.2, 0.25) is 0 Å². The molecule has 2 aromatic rings. The quantitative estimate of drug-likeness (QED) is 0.737. The lowest BCUT2D eigenvalue weighted by Crippen LogP contribution is -1.92. The van der Waals surface area contributed by atoms with Crippen molar-refractivity contribution in [1.82, 2.24) is 0 Å². The van der Waals surface area contributed by atoms with Crippen LogP contribution in [0.3, 0.4) is 0 Å². The molecule has 3 heteroatoms. The smallest absolute Gasteiger partial charge is 0.133 e. The van der Waals surface area contributed by atoms with Crippen LogP contribution in [-0.4, -0.2) is 0 Å². The Kier molecular flexibility index (Phi) is 3.79. The maximum atomic E-state index is 13.1. The van der Waals surface area contributed by atoms with Crippen molar-refractivity contribution in [2.45, 2.75) is 12.3 Å². The third-order valence-electron chi connectivity index (χ3n) is 2.49. The predicted octanol–water partition coefficient (Wildman–Crippen LogP) is 4.82. The molecule has 0 saturated heterocycles. The van der Waals surface area contributed by atoms with Crippen LogP contribution >= 0.6 is 15.9 Å². The molecule has 0 aliphatic carbocycles. The average Bonchev–Trinajstić information content (AvgIpc) is 2.34. The molecule has 0 spiro atoms. The standard InChI is InChI=1S/C14H12BrFO/c1-10-6-7-12(16)8-14(10)17-13-5-3-2-4-11(13)9-15/h2-8H,9H2,1H3. The highest BCUT2D eigenvalue weighted by Gasteiger charge is 2.06. The van der Waals surface area contributed by atoms with Gasteiger partial charge in [-0.15, -0.1) is 0 Å². The zero-order valence-corrected chi connectivity index (χ0v) is 11.0. The predicted molar refractivity (Wildman–Crippen MR) is 70.3 cm³/mol. The van der Waals surface area contributed by atoms with Gasteiger partial charge in [-0.3, -0.25) is 0 Å².